The van der Waals surface area contributed by atoms with Gasteiger partial charge in [-0.3, -0.25) is 19.4 Å². The molecule has 0 radical (unpaired) electrons. The van der Waals surface area contributed by atoms with E-state index in [0.29, 0.717) is 36.0 Å². The number of nitrogens with one attached hydrogen (secondary N) is 3. The third kappa shape index (κ3) is 6.03. The molecule has 35 heavy (non-hydrogen) atoms. The summed E-state index contributed by atoms with van der Waals surface area (Å²) < 4.78 is 15.9. The van der Waals surface area contributed by atoms with Gasteiger partial charge < -0.3 is 30.6 Å². The molecule has 1 aromatic heterocycles. The summed E-state index contributed by atoms with van der Waals surface area (Å²) in [5.74, 6) is 1.00. The van der Waals surface area contributed by atoms with E-state index in [0.717, 1.165) is 17.3 Å². The molecule has 0 atom stereocenters. The number of H-pyrrole nitrogens is 1. The van der Waals surface area contributed by atoms with Crippen LogP contribution in [-0.4, -0.2) is 40.9 Å². The molecule has 12 heteroatoms. The topological polar surface area (TPSA) is 158 Å². The largest absolute Gasteiger partial charge is 0.494 e. The molecule has 1 aliphatic rings. The Hall–Kier alpha value is -4.19. The Bertz CT molecular complexity index is 1290. The Morgan fingerprint density at radius 2 is 1.94 bits per heavy atom. The second kappa shape index (κ2) is 10.8. The molecule has 0 fully saturated rings. The quantitative estimate of drug-likeness (QED) is 0.257. The fourth-order valence-corrected chi connectivity index (χ4v) is 3.85. The van der Waals surface area contributed by atoms with Gasteiger partial charge in [-0.2, -0.15) is 0 Å². The standard InChI is InChI=1S/C23H23N5O6S/c1-2-32-15-6-4-14(5-7-15)21(30)26-19-20(24)27-23(28-22(19)31)35-11-18(29)25-10-13-3-8-16-17(9-13)34-12-33-16/h3-9H,2,10-12H2,1H3,(H,25,29)(H,26,30)(H3,24,27,28,31). The van der Waals surface area contributed by atoms with Gasteiger partial charge in [0.2, 0.25) is 12.7 Å². The van der Waals surface area contributed by atoms with Crippen LogP contribution < -0.4 is 36.1 Å². The van der Waals surface area contributed by atoms with Gasteiger partial charge in [-0.1, -0.05) is 17.8 Å². The highest BCUT2D eigenvalue weighted by Crippen LogP contribution is 2.32. The van der Waals surface area contributed by atoms with Crippen LogP contribution in [0.15, 0.2) is 52.4 Å². The Labute approximate surface area is 204 Å². The highest BCUT2D eigenvalue weighted by molar-refractivity contribution is 7.99. The third-order valence-electron chi connectivity index (χ3n) is 4.86. The maximum Gasteiger partial charge on any atom is 0.277 e. The minimum Gasteiger partial charge on any atom is -0.494 e. The van der Waals surface area contributed by atoms with Crippen LogP contribution in [0.3, 0.4) is 0 Å². The van der Waals surface area contributed by atoms with E-state index in [1.54, 1.807) is 36.4 Å². The third-order valence-corrected chi connectivity index (χ3v) is 5.73. The molecular weight excluding hydrogens is 474 g/mol. The van der Waals surface area contributed by atoms with Gasteiger partial charge in [0, 0.05) is 12.1 Å². The summed E-state index contributed by atoms with van der Waals surface area (Å²) in [6, 6.07) is 11.9. The maximum absolute atomic E-state index is 12.5. The van der Waals surface area contributed by atoms with Gasteiger partial charge in [0.05, 0.1) is 12.4 Å². The van der Waals surface area contributed by atoms with E-state index in [9.17, 15) is 14.4 Å². The first-order valence-corrected chi connectivity index (χ1v) is 11.6. The van der Waals surface area contributed by atoms with Crippen molar-refractivity contribution in [2.45, 2.75) is 18.6 Å². The molecule has 182 valence electrons. The van der Waals surface area contributed by atoms with Crippen LogP contribution in [-0.2, 0) is 11.3 Å². The van der Waals surface area contributed by atoms with Crippen molar-refractivity contribution in [3.63, 3.8) is 0 Å². The highest BCUT2D eigenvalue weighted by Gasteiger charge is 2.16. The first kappa shape index (κ1) is 24.0. The fourth-order valence-electron chi connectivity index (χ4n) is 3.15. The number of thioether (sulfide) groups is 1. The van der Waals surface area contributed by atoms with Crippen LogP contribution >= 0.6 is 11.8 Å². The number of anilines is 2. The lowest BCUT2D eigenvalue weighted by molar-refractivity contribution is -0.118. The number of fused-ring (bicyclic) bond motifs is 1. The second-order valence-corrected chi connectivity index (χ2v) is 8.26. The molecule has 0 saturated heterocycles. The second-order valence-electron chi connectivity index (χ2n) is 7.30. The number of carbonyl (C=O) groups excluding carboxylic acids is 2. The zero-order valence-corrected chi connectivity index (χ0v) is 19.6. The fraction of sp³-hybridized carbons (Fsp3) is 0.217. The van der Waals surface area contributed by atoms with Crippen molar-refractivity contribution in [2.24, 2.45) is 0 Å². The van der Waals surface area contributed by atoms with Crippen molar-refractivity contribution in [2.75, 3.05) is 30.2 Å². The number of nitrogen functional groups attached to an aromatic ring is 1. The van der Waals surface area contributed by atoms with Crippen LogP contribution in [0, 0.1) is 0 Å². The van der Waals surface area contributed by atoms with Crippen molar-refractivity contribution >= 4 is 35.1 Å². The minimum absolute atomic E-state index is 0.00478. The van der Waals surface area contributed by atoms with Crippen LogP contribution in [0.1, 0.15) is 22.8 Å². The molecule has 0 spiro atoms. The number of rotatable bonds is 9. The van der Waals surface area contributed by atoms with E-state index in [1.807, 2.05) is 13.0 Å². The van der Waals surface area contributed by atoms with Gasteiger partial charge in [0.1, 0.15) is 11.4 Å². The molecule has 0 unspecified atom stereocenters. The van der Waals surface area contributed by atoms with Crippen LogP contribution in [0.4, 0.5) is 11.5 Å². The molecule has 2 heterocycles. The number of ether oxygens (including phenoxy) is 3. The van der Waals surface area contributed by atoms with E-state index in [-0.39, 0.29) is 35.1 Å². The summed E-state index contributed by atoms with van der Waals surface area (Å²) in [6.45, 7) is 2.85. The summed E-state index contributed by atoms with van der Waals surface area (Å²) in [6.07, 6.45) is 0. The summed E-state index contributed by atoms with van der Waals surface area (Å²) in [5, 5.41) is 5.42. The Morgan fingerprint density at radius 3 is 2.69 bits per heavy atom. The molecule has 2 aromatic carbocycles. The SMILES string of the molecule is CCOc1ccc(C(=O)Nc2c(N)nc(SCC(=O)NCc3ccc4c(c3)OCO4)[nH]c2=O)cc1. The summed E-state index contributed by atoms with van der Waals surface area (Å²) in [7, 11) is 0. The number of nitrogens with two attached hydrogens (primary N) is 1. The van der Waals surface area contributed by atoms with E-state index in [2.05, 4.69) is 20.6 Å². The monoisotopic (exact) mass is 497 g/mol. The van der Waals surface area contributed by atoms with Gasteiger partial charge in [-0.15, -0.1) is 0 Å². The van der Waals surface area contributed by atoms with Crippen molar-refractivity contribution < 1.29 is 23.8 Å². The van der Waals surface area contributed by atoms with Crippen molar-refractivity contribution in [3.05, 3.63) is 63.9 Å². The van der Waals surface area contributed by atoms with Gasteiger partial charge in [0.15, 0.2) is 22.5 Å². The molecule has 2 amide bonds. The Balaban J connectivity index is 1.31. The number of carbonyl (C=O) groups is 2. The number of benzene rings is 2. The lowest BCUT2D eigenvalue weighted by atomic mass is 10.2. The molecule has 1 aliphatic heterocycles. The molecule has 5 N–H and O–H groups in total. The molecule has 0 bridgehead atoms. The number of nitrogens with zero attached hydrogens (tertiary/aromatic N) is 1. The zero-order chi connectivity index (χ0) is 24.8. The minimum atomic E-state index is -0.625. The number of hydrogen-bond acceptors (Lipinski definition) is 9. The van der Waals surface area contributed by atoms with Crippen LogP contribution in [0.5, 0.6) is 17.2 Å². The lowest BCUT2D eigenvalue weighted by Gasteiger charge is -2.09. The zero-order valence-electron chi connectivity index (χ0n) is 18.8. The molecule has 4 rings (SSSR count). The van der Waals surface area contributed by atoms with Gasteiger partial charge >= 0.3 is 0 Å². The Morgan fingerprint density at radius 1 is 1.17 bits per heavy atom. The summed E-state index contributed by atoms with van der Waals surface area (Å²) in [4.78, 5) is 43.8. The molecule has 0 saturated carbocycles. The first-order valence-electron chi connectivity index (χ1n) is 10.6. The molecular formula is C23H23N5O6S. The number of aromatic nitrogens is 2. The summed E-state index contributed by atoms with van der Waals surface area (Å²) >= 11 is 1.01. The van der Waals surface area contributed by atoms with Gasteiger partial charge in [0.25, 0.3) is 11.5 Å². The van der Waals surface area contributed by atoms with Crippen molar-refractivity contribution in [1.82, 2.24) is 15.3 Å². The lowest BCUT2D eigenvalue weighted by Crippen LogP contribution is -2.25. The Kier molecular flexibility index (Phi) is 7.41. The van der Waals surface area contributed by atoms with E-state index >= 15 is 0 Å². The molecule has 3 aromatic rings. The smallest absolute Gasteiger partial charge is 0.277 e. The first-order chi connectivity index (χ1) is 16.9. The van der Waals surface area contributed by atoms with E-state index in [1.165, 1.54) is 0 Å². The summed E-state index contributed by atoms with van der Waals surface area (Å²) in [5.41, 5.74) is 6.29. The number of amides is 2. The average Bonchev–Trinajstić information content (AvgIpc) is 3.32. The van der Waals surface area contributed by atoms with Crippen molar-refractivity contribution in [1.29, 1.82) is 0 Å². The van der Waals surface area contributed by atoms with Gasteiger partial charge in [-0.05, 0) is 48.9 Å². The number of hydrogen-bond donors (Lipinski definition) is 4. The average molecular weight is 498 g/mol. The maximum atomic E-state index is 12.5. The predicted octanol–water partition coefficient (Wildman–Crippen LogP) is 2.14. The molecule has 11 nitrogen and oxygen atoms in total. The van der Waals surface area contributed by atoms with Crippen molar-refractivity contribution in [3.8, 4) is 17.2 Å². The van der Waals surface area contributed by atoms with E-state index < -0.39 is 11.5 Å². The highest BCUT2D eigenvalue weighted by atomic mass is 32.2. The molecule has 0 aliphatic carbocycles. The van der Waals surface area contributed by atoms with Gasteiger partial charge in [-0.25, -0.2) is 4.98 Å². The predicted molar refractivity (Wildman–Crippen MR) is 130 cm³/mol. The normalized spacial score (nSPS) is 11.7. The van der Waals surface area contributed by atoms with Crippen LogP contribution in [0.25, 0.3) is 0 Å². The number of aromatic amines is 1. The van der Waals surface area contributed by atoms with Crippen LogP contribution in [0.2, 0.25) is 0 Å². The van der Waals surface area contributed by atoms with E-state index in [4.69, 9.17) is 19.9 Å².